The van der Waals surface area contributed by atoms with E-state index in [2.05, 4.69) is 23.7 Å². The lowest BCUT2D eigenvalue weighted by Crippen LogP contribution is -2.51. The molecule has 0 aliphatic rings. The number of ether oxygens (including phenoxy) is 2. The van der Waals surface area contributed by atoms with E-state index in [-0.39, 0.29) is 40.7 Å². The van der Waals surface area contributed by atoms with Crippen LogP contribution in [0, 0.1) is 0 Å². The van der Waals surface area contributed by atoms with E-state index in [1.54, 1.807) is 0 Å². The summed E-state index contributed by atoms with van der Waals surface area (Å²) < 4.78 is 11.2. The Kier molecular flexibility index (Phi) is 9.04. The topological polar surface area (TPSA) is 64.6 Å². The fraction of sp³-hybridized carbons (Fsp3) is 0.364. The molecular formula is C22H28NO4S+. The van der Waals surface area contributed by atoms with Gasteiger partial charge in [-0.1, -0.05) is 48.5 Å². The van der Waals surface area contributed by atoms with Crippen LogP contribution >= 0.6 is 0 Å². The van der Waals surface area contributed by atoms with Gasteiger partial charge in [0.2, 0.25) is 5.91 Å². The van der Waals surface area contributed by atoms with Gasteiger partial charge in [-0.05, 0) is 17.7 Å². The van der Waals surface area contributed by atoms with E-state index in [9.17, 15) is 9.59 Å². The van der Waals surface area contributed by atoms with E-state index in [4.69, 9.17) is 9.47 Å². The highest BCUT2D eigenvalue weighted by Gasteiger charge is 2.37. The Hall–Kier alpha value is -2.31. The number of hydrogen-bond acceptors (Lipinski definition) is 4. The maximum absolute atomic E-state index is 11.8. The summed E-state index contributed by atoms with van der Waals surface area (Å²) in [5, 5.41) is 2.91. The first kappa shape index (κ1) is 22.0. The third kappa shape index (κ3) is 7.37. The van der Waals surface area contributed by atoms with Crippen molar-refractivity contribution in [3.05, 3.63) is 66.2 Å². The third-order valence-corrected chi connectivity index (χ3v) is 6.65. The number of amides is 1. The molecule has 5 nitrogen and oxygen atoms in total. The fourth-order valence-electron chi connectivity index (χ4n) is 2.85. The zero-order chi connectivity index (χ0) is 20.4. The zero-order valence-electron chi connectivity index (χ0n) is 16.6. The number of carbonyl (C=O) groups is 2. The van der Waals surface area contributed by atoms with Gasteiger partial charge in [0.25, 0.3) is 0 Å². The number of hydrogen-bond donors (Lipinski definition) is 1. The summed E-state index contributed by atoms with van der Waals surface area (Å²) in [6, 6.07) is 19.8. The summed E-state index contributed by atoms with van der Waals surface area (Å²) in [6.45, 7) is 3.89. The van der Waals surface area contributed by atoms with Crippen LogP contribution in [0.25, 0.3) is 0 Å². The predicted octanol–water partition coefficient (Wildman–Crippen LogP) is 2.95. The molecule has 0 spiro atoms. The molecule has 0 saturated heterocycles. The zero-order valence-corrected chi connectivity index (χ0v) is 17.4. The maximum Gasteiger partial charge on any atom is 0.302 e. The van der Waals surface area contributed by atoms with Crippen LogP contribution in [0.5, 0.6) is 0 Å². The smallest absolute Gasteiger partial charge is 0.302 e. The number of carbonyl (C=O) groups excluding carboxylic acids is 2. The van der Waals surface area contributed by atoms with Gasteiger partial charge in [-0.15, -0.1) is 0 Å². The molecule has 6 heteroatoms. The molecule has 2 aromatic carbocycles. The van der Waals surface area contributed by atoms with Crippen LogP contribution in [0.15, 0.2) is 65.6 Å². The summed E-state index contributed by atoms with van der Waals surface area (Å²) >= 11 is 0. The molecule has 0 heterocycles. The van der Waals surface area contributed by atoms with Crippen LogP contribution in [0.1, 0.15) is 19.4 Å². The monoisotopic (exact) mass is 402 g/mol. The average Bonchev–Trinajstić information content (AvgIpc) is 2.69. The van der Waals surface area contributed by atoms with E-state index in [0.29, 0.717) is 13.2 Å². The van der Waals surface area contributed by atoms with Gasteiger partial charge in [0.15, 0.2) is 10.1 Å². The summed E-state index contributed by atoms with van der Waals surface area (Å²) in [5.41, 5.74) is 1.09. The lowest BCUT2D eigenvalue weighted by molar-refractivity contribution is -0.142. The van der Waals surface area contributed by atoms with Crippen molar-refractivity contribution in [2.45, 2.75) is 36.6 Å². The molecule has 2 rings (SSSR count). The first-order chi connectivity index (χ1) is 13.5. The Morgan fingerprint density at radius 3 is 2.14 bits per heavy atom. The molecule has 0 saturated carbocycles. The molecule has 0 aliphatic carbocycles. The van der Waals surface area contributed by atoms with Crippen molar-refractivity contribution in [3.63, 3.8) is 0 Å². The largest absolute Gasteiger partial charge is 0.463 e. The Bertz CT molecular complexity index is 739. The van der Waals surface area contributed by atoms with Crippen LogP contribution in [0.3, 0.4) is 0 Å². The first-order valence-electron chi connectivity index (χ1n) is 9.19. The second-order valence-corrected chi connectivity index (χ2v) is 8.71. The highest BCUT2D eigenvalue weighted by molar-refractivity contribution is 7.97. The van der Waals surface area contributed by atoms with Crippen molar-refractivity contribution in [1.82, 2.24) is 5.32 Å². The minimum absolute atomic E-state index is 0.0330. The highest BCUT2D eigenvalue weighted by Crippen LogP contribution is 2.20. The van der Waals surface area contributed by atoms with Gasteiger partial charge >= 0.3 is 5.97 Å². The van der Waals surface area contributed by atoms with Crippen molar-refractivity contribution in [2.24, 2.45) is 0 Å². The molecule has 0 aromatic heterocycles. The molecule has 0 radical (unpaired) electrons. The molecule has 3 atom stereocenters. The lowest BCUT2D eigenvalue weighted by Gasteiger charge is -2.26. The normalized spacial score (nSPS) is 14.0. The molecule has 0 fully saturated rings. The van der Waals surface area contributed by atoms with Gasteiger partial charge < -0.3 is 14.8 Å². The van der Waals surface area contributed by atoms with Gasteiger partial charge in [-0.3, -0.25) is 9.59 Å². The molecular weight excluding hydrogens is 374 g/mol. The molecule has 1 amide bonds. The van der Waals surface area contributed by atoms with Gasteiger partial charge in [0.1, 0.15) is 18.9 Å². The molecule has 2 aromatic rings. The summed E-state index contributed by atoms with van der Waals surface area (Å²) in [7, 11) is -0.221. The van der Waals surface area contributed by atoms with Crippen LogP contribution in [0.2, 0.25) is 0 Å². The standard InChI is InChI=1S/C22H27NO4S/c1-17(24)23-21(15-27-18(2)25)22(28(3)20-12-8-5-9-13-20)16-26-14-19-10-6-4-7-11-19/h4-13,21-22H,14-16H2,1-3H3/p+1/t21-,22-,28?/m1/s1. The Morgan fingerprint density at radius 2 is 1.57 bits per heavy atom. The number of nitrogens with one attached hydrogen (secondary N) is 1. The molecule has 1 unspecified atom stereocenters. The minimum Gasteiger partial charge on any atom is -0.463 e. The molecule has 1 N–H and O–H groups in total. The minimum atomic E-state index is -0.366. The van der Waals surface area contributed by atoms with E-state index in [1.807, 2.05) is 48.5 Å². The number of esters is 1. The van der Waals surface area contributed by atoms with Crippen molar-refractivity contribution < 1.29 is 19.1 Å². The van der Waals surface area contributed by atoms with E-state index in [0.717, 1.165) is 5.56 Å². The SMILES string of the molecule is CC(=O)N[C@H](COC(C)=O)[C@@H](COCc1ccccc1)[S+](C)c1ccccc1. The van der Waals surface area contributed by atoms with Gasteiger partial charge in [0.05, 0.1) is 13.2 Å². The quantitative estimate of drug-likeness (QED) is 0.490. The van der Waals surface area contributed by atoms with Crippen molar-refractivity contribution in [2.75, 3.05) is 19.5 Å². The molecule has 28 heavy (non-hydrogen) atoms. The van der Waals surface area contributed by atoms with Crippen LogP contribution in [-0.4, -0.2) is 42.6 Å². The molecule has 0 bridgehead atoms. The highest BCUT2D eigenvalue weighted by atomic mass is 32.2. The van der Waals surface area contributed by atoms with Crippen LogP contribution in [-0.2, 0) is 36.6 Å². The van der Waals surface area contributed by atoms with Gasteiger partial charge in [0, 0.05) is 24.7 Å². The first-order valence-corrected chi connectivity index (χ1v) is 10.9. The number of rotatable bonds is 10. The van der Waals surface area contributed by atoms with Gasteiger partial charge in [-0.25, -0.2) is 0 Å². The van der Waals surface area contributed by atoms with E-state index < -0.39 is 0 Å². The Morgan fingerprint density at radius 1 is 0.964 bits per heavy atom. The summed E-state index contributed by atoms with van der Waals surface area (Å²) in [6.07, 6.45) is 2.13. The summed E-state index contributed by atoms with van der Waals surface area (Å²) in [5.74, 6) is -0.523. The lowest BCUT2D eigenvalue weighted by atomic mass is 10.2. The molecule has 150 valence electrons. The van der Waals surface area contributed by atoms with Gasteiger partial charge in [-0.2, -0.15) is 0 Å². The van der Waals surface area contributed by atoms with Crippen molar-refractivity contribution >= 4 is 22.8 Å². The van der Waals surface area contributed by atoms with E-state index >= 15 is 0 Å². The Labute approximate surface area is 169 Å². The van der Waals surface area contributed by atoms with E-state index in [1.165, 1.54) is 18.7 Å². The maximum atomic E-state index is 11.8. The average molecular weight is 403 g/mol. The Balaban J connectivity index is 2.16. The van der Waals surface area contributed by atoms with Crippen molar-refractivity contribution in [1.29, 1.82) is 0 Å². The summed E-state index contributed by atoms with van der Waals surface area (Å²) in [4.78, 5) is 24.3. The molecule has 0 aliphatic heterocycles. The fourth-order valence-corrected chi connectivity index (χ4v) is 4.73. The second kappa shape index (κ2) is 11.5. The predicted molar refractivity (Wildman–Crippen MR) is 112 cm³/mol. The van der Waals surface area contributed by atoms with Crippen molar-refractivity contribution in [3.8, 4) is 0 Å². The third-order valence-electron chi connectivity index (χ3n) is 4.27. The second-order valence-electron chi connectivity index (χ2n) is 6.52. The number of benzene rings is 2. The van der Waals surface area contributed by atoms with Crippen LogP contribution < -0.4 is 5.32 Å². The van der Waals surface area contributed by atoms with Crippen LogP contribution in [0.4, 0.5) is 0 Å².